The fraction of sp³-hybridized carbons (Fsp3) is 0.226. The van der Waals surface area contributed by atoms with E-state index in [0.29, 0.717) is 5.02 Å². The van der Waals surface area contributed by atoms with Gasteiger partial charge >= 0.3 is 0 Å². The third-order valence-electron chi connectivity index (χ3n) is 6.54. The van der Waals surface area contributed by atoms with Crippen molar-refractivity contribution in [3.8, 4) is 28.4 Å². The molecule has 4 aromatic rings. The number of hydrogen-bond acceptors (Lipinski definition) is 3. The fourth-order valence-electron chi connectivity index (χ4n) is 4.59. The van der Waals surface area contributed by atoms with Gasteiger partial charge < -0.3 is 14.4 Å². The summed E-state index contributed by atoms with van der Waals surface area (Å²) in [5.74, 6) is 2.46. The summed E-state index contributed by atoms with van der Waals surface area (Å²) in [6.45, 7) is 2.35. The molecule has 1 heterocycles. The predicted molar refractivity (Wildman–Crippen MR) is 146 cm³/mol. The van der Waals surface area contributed by atoms with E-state index in [1.54, 1.807) is 7.11 Å². The smallest absolute Gasteiger partial charge is 0.143 e. The molecule has 0 spiro atoms. The molecule has 35 heavy (non-hydrogen) atoms. The zero-order valence-electron chi connectivity index (χ0n) is 20.0. The summed E-state index contributed by atoms with van der Waals surface area (Å²) >= 11 is 6.14. The molecule has 0 radical (unpaired) electrons. The van der Waals surface area contributed by atoms with Crippen LogP contribution in [0.25, 0.3) is 21.9 Å². The topological polar surface area (TPSA) is 21.7 Å². The second kappa shape index (κ2) is 10.9. The van der Waals surface area contributed by atoms with Crippen molar-refractivity contribution in [3.63, 3.8) is 0 Å². The van der Waals surface area contributed by atoms with E-state index in [2.05, 4.69) is 59.6 Å². The quantitative estimate of drug-likeness (QED) is 0.263. The molecule has 0 unspecified atom stereocenters. The lowest BCUT2D eigenvalue weighted by Crippen LogP contribution is -2.24. The molecular formula is C31H30ClNO2. The van der Waals surface area contributed by atoms with Crippen LogP contribution in [0.5, 0.6) is 17.2 Å². The monoisotopic (exact) mass is 483 g/mol. The molecule has 1 fully saturated rings. The van der Waals surface area contributed by atoms with Crippen molar-refractivity contribution in [2.45, 2.75) is 25.7 Å². The third-order valence-corrected chi connectivity index (χ3v) is 6.79. The van der Waals surface area contributed by atoms with Crippen molar-refractivity contribution < 1.29 is 9.47 Å². The molecule has 0 atom stereocenters. The van der Waals surface area contributed by atoms with E-state index < -0.39 is 0 Å². The average molecular weight is 484 g/mol. The van der Waals surface area contributed by atoms with Gasteiger partial charge in [0.2, 0.25) is 0 Å². The van der Waals surface area contributed by atoms with Crippen molar-refractivity contribution in [1.82, 2.24) is 4.90 Å². The summed E-state index contributed by atoms with van der Waals surface area (Å²) in [7, 11) is 1.68. The number of rotatable bonds is 7. The summed E-state index contributed by atoms with van der Waals surface area (Å²) < 4.78 is 12.0. The van der Waals surface area contributed by atoms with E-state index in [4.69, 9.17) is 21.1 Å². The third kappa shape index (κ3) is 5.63. The number of fused-ring (bicyclic) bond motifs is 1. The number of allylic oxidation sites excluding steroid dienone is 1. The van der Waals surface area contributed by atoms with Gasteiger partial charge in [0.15, 0.2) is 0 Å². The first-order chi connectivity index (χ1) is 17.2. The van der Waals surface area contributed by atoms with Crippen LogP contribution in [-0.2, 0) is 6.42 Å². The van der Waals surface area contributed by atoms with E-state index >= 15 is 0 Å². The first kappa shape index (κ1) is 23.3. The van der Waals surface area contributed by atoms with Crippen molar-refractivity contribution in [1.29, 1.82) is 0 Å². The molecule has 0 N–H and O–H groups in total. The Kier molecular flexibility index (Phi) is 7.25. The lowest BCUT2D eigenvalue weighted by Gasteiger charge is -2.24. The van der Waals surface area contributed by atoms with Crippen molar-refractivity contribution in [2.24, 2.45) is 0 Å². The SMILES string of the molecule is COc1ccc2c(Oc3ccc(C/C=C/N4CCCCC4)cc3)c(-c3ccc(Cl)cc3)ccc2c1. The Labute approximate surface area is 212 Å². The van der Waals surface area contributed by atoms with Crippen molar-refractivity contribution in [3.05, 3.63) is 102 Å². The highest BCUT2D eigenvalue weighted by Gasteiger charge is 2.13. The minimum absolute atomic E-state index is 0.715. The molecule has 1 saturated heterocycles. The van der Waals surface area contributed by atoms with Gasteiger partial charge in [0, 0.05) is 29.1 Å². The Morgan fingerprint density at radius 1 is 0.829 bits per heavy atom. The van der Waals surface area contributed by atoms with Crippen LogP contribution in [0.15, 0.2) is 91.1 Å². The van der Waals surface area contributed by atoms with Crippen molar-refractivity contribution in [2.75, 3.05) is 20.2 Å². The molecular weight excluding hydrogens is 454 g/mol. The molecule has 3 nitrogen and oxygen atoms in total. The minimum Gasteiger partial charge on any atom is -0.497 e. The Hall–Kier alpha value is -3.43. The van der Waals surface area contributed by atoms with Gasteiger partial charge in [-0.3, -0.25) is 0 Å². The van der Waals surface area contributed by atoms with Crippen LogP contribution in [0.4, 0.5) is 0 Å². The second-order valence-corrected chi connectivity index (χ2v) is 9.40. The Morgan fingerprint density at radius 3 is 2.31 bits per heavy atom. The average Bonchev–Trinajstić information content (AvgIpc) is 2.91. The largest absolute Gasteiger partial charge is 0.497 e. The fourth-order valence-corrected chi connectivity index (χ4v) is 4.72. The van der Waals surface area contributed by atoms with Gasteiger partial charge in [0.25, 0.3) is 0 Å². The maximum absolute atomic E-state index is 6.54. The van der Waals surface area contributed by atoms with E-state index in [0.717, 1.165) is 45.6 Å². The number of benzene rings is 4. The van der Waals surface area contributed by atoms with E-state index in [-0.39, 0.29) is 0 Å². The van der Waals surface area contributed by atoms with Gasteiger partial charge in [-0.2, -0.15) is 0 Å². The Morgan fingerprint density at radius 2 is 1.57 bits per heavy atom. The van der Waals surface area contributed by atoms with Crippen LogP contribution in [0.2, 0.25) is 5.02 Å². The highest BCUT2D eigenvalue weighted by molar-refractivity contribution is 6.30. The number of hydrogen-bond donors (Lipinski definition) is 0. The highest BCUT2D eigenvalue weighted by Crippen LogP contribution is 2.41. The molecule has 0 saturated carbocycles. The Balaban J connectivity index is 1.41. The Bertz CT molecular complexity index is 1310. The molecule has 0 amide bonds. The van der Waals surface area contributed by atoms with Gasteiger partial charge in [0.1, 0.15) is 17.2 Å². The molecule has 178 valence electrons. The van der Waals surface area contributed by atoms with Crippen LogP contribution in [0.1, 0.15) is 24.8 Å². The van der Waals surface area contributed by atoms with Gasteiger partial charge in [-0.25, -0.2) is 0 Å². The summed E-state index contributed by atoms with van der Waals surface area (Å²) in [4.78, 5) is 2.43. The lowest BCUT2D eigenvalue weighted by molar-refractivity contribution is 0.309. The summed E-state index contributed by atoms with van der Waals surface area (Å²) in [5, 5.41) is 2.81. The highest BCUT2D eigenvalue weighted by atomic mass is 35.5. The van der Waals surface area contributed by atoms with Crippen LogP contribution in [0, 0.1) is 0 Å². The van der Waals surface area contributed by atoms with Gasteiger partial charge in [0.05, 0.1) is 7.11 Å². The molecule has 1 aliphatic heterocycles. The maximum Gasteiger partial charge on any atom is 0.143 e. The van der Waals surface area contributed by atoms with Gasteiger partial charge in [-0.05, 0) is 96.9 Å². The number of methoxy groups -OCH3 is 1. The van der Waals surface area contributed by atoms with Crippen LogP contribution in [-0.4, -0.2) is 25.1 Å². The first-order valence-electron chi connectivity index (χ1n) is 12.2. The molecule has 0 bridgehead atoms. The molecule has 5 rings (SSSR count). The molecule has 0 aliphatic carbocycles. The first-order valence-corrected chi connectivity index (χ1v) is 12.6. The number of piperidine rings is 1. The number of likely N-dealkylation sites (tertiary alicyclic amines) is 1. The van der Waals surface area contributed by atoms with E-state index in [1.165, 1.54) is 37.9 Å². The van der Waals surface area contributed by atoms with Gasteiger partial charge in [-0.1, -0.05) is 48.0 Å². The number of halogens is 1. The summed E-state index contributed by atoms with van der Waals surface area (Å²) in [6.07, 6.45) is 9.39. The molecule has 0 aromatic heterocycles. The molecule has 4 heteroatoms. The standard InChI is InChI=1S/C31H30ClNO2/c1-34-28-16-18-30-25(22-28)11-17-29(24-9-12-26(32)13-10-24)31(30)35-27-14-7-23(8-15-27)6-5-21-33-19-3-2-4-20-33/h5,7-18,21-22H,2-4,6,19-20H2,1H3/b21-5+. The van der Waals surface area contributed by atoms with Gasteiger partial charge in [-0.15, -0.1) is 0 Å². The molecule has 4 aromatic carbocycles. The van der Waals surface area contributed by atoms with E-state index in [9.17, 15) is 0 Å². The zero-order chi connectivity index (χ0) is 24.0. The number of nitrogens with zero attached hydrogens (tertiary/aromatic N) is 1. The van der Waals surface area contributed by atoms with Crippen LogP contribution in [0.3, 0.4) is 0 Å². The zero-order valence-corrected chi connectivity index (χ0v) is 20.8. The normalized spacial score (nSPS) is 13.9. The predicted octanol–water partition coefficient (Wildman–Crippen LogP) is 8.50. The van der Waals surface area contributed by atoms with Crippen LogP contribution < -0.4 is 9.47 Å². The minimum atomic E-state index is 0.715. The summed E-state index contributed by atoms with van der Waals surface area (Å²) in [6, 6.07) is 26.5. The van der Waals surface area contributed by atoms with E-state index in [1.807, 2.05) is 36.4 Å². The van der Waals surface area contributed by atoms with Crippen molar-refractivity contribution >= 4 is 22.4 Å². The van der Waals surface area contributed by atoms with Crippen LogP contribution >= 0.6 is 11.6 Å². The maximum atomic E-state index is 6.54. The summed E-state index contributed by atoms with van der Waals surface area (Å²) in [5.41, 5.74) is 3.35. The lowest BCUT2D eigenvalue weighted by atomic mass is 9.99. The number of ether oxygens (including phenoxy) is 2. The second-order valence-electron chi connectivity index (χ2n) is 8.97. The molecule has 1 aliphatic rings.